The van der Waals surface area contributed by atoms with Crippen molar-refractivity contribution in [2.24, 2.45) is 0 Å². The molecule has 108 valence electrons. The summed E-state index contributed by atoms with van der Waals surface area (Å²) >= 11 is 5.80. The molecular formula is C15H18ClNO3. The fraction of sp³-hybridized carbons (Fsp3) is 0.333. The molecule has 1 atom stereocenters. The predicted molar refractivity (Wildman–Crippen MR) is 77.5 cm³/mol. The molecule has 0 aliphatic rings. The SMILES string of the molecule is OC(CNCc1ccco1)COCc1ccc(Cl)cc1. The first-order chi connectivity index (χ1) is 9.74. The molecule has 4 nitrogen and oxygen atoms in total. The van der Waals surface area contributed by atoms with Crippen molar-refractivity contribution >= 4 is 11.6 Å². The molecule has 0 amide bonds. The fourth-order valence-electron chi connectivity index (χ4n) is 1.73. The molecule has 1 heterocycles. The number of hydrogen-bond acceptors (Lipinski definition) is 4. The maximum atomic E-state index is 9.76. The summed E-state index contributed by atoms with van der Waals surface area (Å²) in [7, 11) is 0. The van der Waals surface area contributed by atoms with Crippen LogP contribution in [-0.2, 0) is 17.9 Å². The Morgan fingerprint density at radius 3 is 2.75 bits per heavy atom. The van der Waals surface area contributed by atoms with Crippen molar-refractivity contribution < 1.29 is 14.3 Å². The molecule has 2 rings (SSSR count). The van der Waals surface area contributed by atoms with Gasteiger partial charge in [0.1, 0.15) is 5.76 Å². The van der Waals surface area contributed by atoms with Crippen molar-refractivity contribution in [1.82, 2.24) is 5.32 Å². The van der Waals surface area contributed by atoms with Crippen LogP contribution in [0.3, 0.4) is 0 Å². The topological polar surface area (TPSA) is 54.6 Å². The van der Waals surface area contributed by atoms with Gasteiger partial charge >= 0.3 is 0 Å². The Hall–Kier alpha value is -1.33. The summed E-state index contributed by atoms with van der Waals surface area (Å²) < 4.78 is 10.6. The van der Waals surface area contributed by atoms with Crippen LogP contribution in [0.1, 0.15) is 11.3 Å². The zero-order chi connectivity index (χ0) is 14.2. The second-order valence-electron chi connectivity index (χ2n) is 4.51. The fourth-order valence-corrected chi connectivity index (χ4v) is 1.85. The number of nitrogens with one attached hydrogen (secondary N) is 1. The highest BCUT2D eigenvalue weighted by Gasteiger charge is 2.05. The molecule has 1 aromatic heterocycles. The van der Waals surface area contributed by atoms with Crippen LogP contribution in [0.25, 0.3) is 0 Å². The lowest BCUT2D eigenvalue weighted by Crippen LogP contribution is -2.29. The summed E-state index contributed by atoms with van der Waals surface area (Å²) in [6.07, 6.45) is 1.08. The number of rotatable bonds is 8. The van der Waals surface area contributed by atoms with Gasteiger partial charge in [0.05, 0.1) is 32.1 Å². The average Bonchev–Trinajstić information content (AvgIpc) is 2.94. The van der Waals surface area contributed by atoms with Crippen LogP contribution in [-0.4, -0.2) is 24.4 Å². The summed E-state index contributed by atoms with van der Waals surface area (Å²) in [5.74, 6) is 0.847. The molecule has 0 aliphatic carbocycles. The van der Waals surface area contributed by atoms with Gasteiger partial charge in [-0.05, 0) is 29.8 Å². The van der Waals surface area contributed by atoms with E-state index in [2.05, 4.69) is 5.32 Å². The molecule has 0 aliphatic heterocycles. The molecule has 2 aromatic rings. The van der Waals surface area contributed by atoms with Crippen LogP contribution >= 0.6 is 11.6 Å². The molecule has 0 saturated carbocycles. The molecule has 1 unspecified atom stereocenters. The third kappa shape index (κ3) is 5.35. The maximum absolute atomic E-state index is 9.76. The van der Waals surface area contributed by atoms with Gasteiger partial charge in [0.2, 0.25) is 0 Å². The number of ether oxygens (including phenoxy) is 1. The van der Waals surface area contributed by atoms with Crippen molar-refractivity contribution in [1.29, 1.82) is 0 Å². The van der Waals surface area contributed by atoms with Crippen molar-refractivity contribution in [2.45, 2.75) is 19.3 Å². The van der Waals surface area contributed by atoms with Crippen molar-refractivity contribution in [2.75, 3.05) is 13.2 Å². The lowest BCUT2D eigenvalue weighted by Gasteiger charge is -2.12. The minimum Gasteiger partial charge on any atom is -0.468 e. The molecule has 0 radical (unpaired) electrons. The number of benzene rings is 1. The molecule has 0 bridgehead atoms. The highest BCUT2D eigenvalue weighted by atomic mass is 35.5. The number of aliphatic hydroxyl groups is 1. The Bertz CT molecular complexity index is 484. The third-order valence-corrected chi connectivity index (χ3v) is 3.00. The Labute approximate surface area is 123 Å². The normalized spacial score (nSPS) is 12.5. The van der Waals surface area contributed by atoms with E-state index in [1.165, 1.54) is 0 Å². The van der Waals surface area contributed by atoms with Crippen molar-refractivity contribution in [3.8, 4) is 0 Å². The zero-order valence-corrected chi connectivity index (χ0v) is 11.8. The van der Waals surface area contributed by atoms with Gasteiger partial charge < -0.3 is 19.6 Å². The molecule has 5 heteroatoms. The van der Waals surface area contributed by atoms with E-state index in [-0.39, 0.29) is 6.61 Å². The van der Waals surface area contributed by atoms with Crippen LogP contribution in [0, 0.1) is 0 Å². The molecular weight excluding hydrogens is 278 g/mol. The maximum Gasteiger partial charge on any atom is 0.117 e. The van der Waals surface area contributed by atoms with E-state index in [4.69, 9.17) is 20.8 Å². The minimum absolute atomic E-state index is 0.285. The second kappa shape index (κ2) is 8.07. The van der Waals surface area contributed by atoms with Gasteiger partial charge in [0.25, 0.3) is 0 Å². The van der Waals surface area contributed by atoms with Gasteiger partial charge in [-0.2, -0.15) is 0 Å². The van der Waals surface area contributed by atoms with Gasteiger partial charge in [0.15, 0.2) is 0 Å². The molecule has 2 N–H and O–H groups in total. The van der Waals surface area contributed by atoms with Crippen LogP contribution < -0.4 is 5.32 Å². The van der Waals surface area contributed by atoms with Gasteiger partial charge in [0, 0.05) is 11.6 Å². The lowest BCUT2D eigenvalue weighted by molar-refractivity contribution is 0.0285. The average molecular weight is 296 g/mol. The summed E-state index contributed by atoms with van der Waals surface area (Å²) in [5, 5.41) is 13.6. The van der Waals surface area contributed by atoms with Crippen LogP contribution in [0.2, 0.25) is 5.02 Å². The summed E-state index contributed by atoms with van der Waals surface area (Å²) in [6.45, 7) is 1.81. The Morgan fingerprint density at radius 1 is 1.25 bits per heavy atom. The van der Waals surface area contributed by atoms with Gasteiger partial charge in [-0.1, -0.05) is 23.7 Å². The molecule has 0 spiro atoms. The Kier molecular flexibility index (Phi) is 6.08. The predicted octanol–water partition coefficient (Wildman–Crippen LogP) is 2.60. The smallest absolute Gasteiger partial charge is 0.117 e. The number of furan rings is 1. The molecule has 20 heavy (non-hydrogen) atoms. The quantitative estimate of drug-likeness (QED) is 0.786. The van der Waals surface area contributed by atoms with E-state index in [1.807, 2.05) is 36.4 Å². The minimum atomic E-state index is -0.544. The van der Waals surface area contributed by atoms with E-state index >= 15 is 0 Å². The van der Waals surface area contributed by atoms with E-state index in [1.54, 1.807) is 6.26 Å². The van der Waals surface area contributed by atoms with Crippen molar-refractivity contribution in [3.05, 3.63) is 59.0 Å². The van der Waals surface area contributed by atoms with E-state index < -0.39 is 6.10 Å². The molecule has 0 saturated heterocycles. The van der Waals surface area contributed by atoms with Gasteiger partial charge in [-0.3, -0.25) is 0 Å². The van der Waals surface area contributed by atoms with Gasteiger partial charge in [-0.25, -0.2) is 0 Å². The van der Waals surface area contributed by atoms with Crippen LogP contribution in [0.15, 0.2) is 47.1 Å². The number of aliphatic hydroxyl groups excluding tert-OH is 1. The first-order valence-corrected chi connectivity index (χ1v) is 6.85. The first kappa shape index (κ1) is 15.1. The van der Waals surface area contributed by atoms with E-state index in [9.17, 15) is 5.11 Å². The largest absolute Gasteiger partial charge is 0.468 e. The number of halogens is 1. The summed E-state index contributed by atoms with van der Waals surface area (Å²) in [5.41, 5.74) is 1.03. The van der Waals surface area contributed by atoms with Gasteiger partial charge in [-0.15, -0.1) is 0 Å². The highest BCUT2D eigenvalue weighted by Crippen LogP contribution is 2.10. The Balaban J connectivity index is 1.58. The second-order valence-corrected chi connectivity index (χ2v) is 4.94. The highest BCUT2D eigenvalue weighted by molar-refractivity contribution is 6.30. The monoisotopic (exact) mass is 295 g/mol. The zero-order valence-electron chi connectivity index (χ0n) is 11.1. The van der Waals surface area contributed by atoms with Crippen LogP contribution in [0.5, 0.6) is 0 Å². The summed E-state index contributed by atoms with van der Waals surface area (Å²) in [6, 6.07) is 11.2. The number of hydrogen-bond donors (Lipinski definition) is 2. The van der Waals surface area contributed by atoms with E-state index in [0.717, 1.165) is 11.3 Å². The lowest BCUT2D eigenvalue weighted by atomic mass is 10.2. The van der Waals surface area contributed by atoms with Crippen LogP contribution in [0.4, 0.5) is 0 Å². The third-order valence-electron chi connectivity index (χ3n) is 2.75. The summed E-state index contributed by atoms with van der Waals surface area (Å²) in [4.78, 5) is 0. The molecule has 0 fully saturated rings. The van der Waals surface area contributed by atoms with E-state index in [0.29, 0.717) is 24.7 Å². The molecule has 1 aromatic carbocycles. The standard InChI is InChI=1S/C15H18ClNO3/c16-13-5-3-12(4-6-13)10-19-11-14(18)8-17-9-15-2-1-7-20-15/h1-7,14,17-18H,8-11H2. The Morgan fingerprint density at radius 2 is 2.05 bits per heavy atom. The van der Waals surface area contributed by atoms with Crippen molar-refractivity contribution in [3.63, 3.8) is 0 Å². The first-order valence-electron chi connectivity index (χ1n) is 6.47.